The van der Waals surface area contributed by atoms with Gasteiger partial charge in [-0.3, -0.25) is 0 Å². The summed E-state index contributed by atoms with van der Waals surface area (Å²) >= 11 is 5.40. The van der Waals surface area contributed by atoms with Crippen LogP contribution in [0.4, 0.5) is 0 Å². The fraction of sp³-hybridized carbons (Fsp3) is 0.143. The minimum atomic E-state index is -2.07. The maximum absolute atomic E-state index is 10.8. The highest BCUT2D eigenvalue weighted by Gasteiger charge is 1.97. The van der Waals surface area contributed by atoms with Crippen LogP contribution in [0.5, 0.6) is 5.75 Å². The van der Waals surface area contributed by atoms with Gasteiger partial charge in [0.1, 0.15) is 5.75 Å². The quantitative estimate of drug-likeness (QED) is 0.667. The van der Waals surface area contributed by atoms with E-state index in [1.54, 1.807) is 31.4 Å². The molecule has 0 fully saturated rings. The Bertz CT molecular complexity index is 258. The summed E-state index contributed by atoms with van der Waals surface area (Å²) in [4.78, 5) is 0. The summed E-state index contributed by atoms with van der Waals surface area (Å²) in [6, 6.07) is 6.88. The number of benzene rings is 1. The Morgan fingerprint density at radius 3 is 2.27 bits per heavy atom. The molecule has 0 saturated carbocycles. The molecule has 0 aliphatic carbocycles. The number of methoxy groups -OCH3 is 1. The van der Waals surface area contributed by atoms with E-state index in [4.69, 9.17) is 16.0 Å². The molecule has 0 aromatic heterocycles. The van der Waals surface area contributed by atoms with Gasteiger partial charge in [0.05, 0.1) is 7.11 Å². The molecular weight excluding hydrogens is 183 g/mol. The first kappa shape index (κ1) is 8.63. The smallest absolute Gasteiger partial charge is 0.186 e. The zero-order valence-corrected chi connectivity index (χ0v) is 7.76. The van der Waals surface area contributed by atoms with Crippen LogP contribution in [0.25, 0.3) is 0 Å². The number of halogens is 1. The highest BCUT2D eigenvalue weighted by molar-refractivity contribution is 7.80. The monoisotopic (exact) mass is 190 g/mol. The molecule has 0 radical (unpaired) electrons. The van der Waals surface area contributed by atoms with Gasteiger partial charge >= 0.3 is 0 Å². The van der Waals surface area contributed by atoms with Crippen LogP contribution in [0.2, 0.25) is 0 Å². The van der Waals surface area contributed by atoms with Crippen LogP contribution in [-0.4, -0.2) is 7.11 Å². The summed E-state index contributed by atoms with van der Waals surface area (Å²) in [5, 5.41) is 0.664. The molecule has 0 saturated heterocycles. The average Bonchev–Trinajstić information content (AvgIpc) is 2.05. The predicted molar refractivity (Wildman–Crippen MR) is 47.5 cm³/mol. The largest absolute Gasteiger partial charge is 0.497 e. The van der Waals surface area contributed by atoms with Gasteiger partial charge in [0.2, 0.25) is 0 Å². The minimum absolute atomic E-state index is 0.664. The van der Waals surface area contributed by atoms with Gasteiger partial charge in [-0.1, -0.05) is 11.2 Å². The van der Waals surface area contributed by atoms with E-state index in [2.05, 4.69) is 0 Å². The van der Waals surface area contributed by atoms with Gasteiger partial charge in [0.25, 0.3) is 0 Å². The van der Waals surface area contributed by atoms with Crippen molar-refractivity contribution < 1.29 is 9.30 Å². The zero-order valence-electron chi connectivity index (χ0n) is 6.00. The van der Waals surface area contributed by atoms with E-state index in [0.717, 1.165) is 5.75 Å². The molecule has 11 heavy (non-hydrogen) atoms. The molecule has 4 heteroatoms. The van der Waals surface area contributed by atoms with Crippen LogP contribution in [0, 0.1) is 0 Å². The summed E-state index contributed by atoms with van der Waals surface area (Å²) < 4.78 is 15.7. The van der Waals surface area contributed by atoms with Gasteiger partial charge in [-0.15, -0.1) is 0 Å². The topological polar surface area (TPSA) is 26.3 Å². The van der Waals surface area contributed by atoms with Crippen LogP contribution in [0.1, 0.15) is 0 Å². The molecular formula is C7H8ClO2P. The zero-order chi connectivity index (χ0) is 8.27. The number of ether oxygens (including phenoxy) is 1. The van der Waals surface area contributed by atoms with Crippen LogP contribution < -0.4 is 10.0 Å². The predicted octanol–water partition coefficient (Wildman–Crippen LogP) is 2.03. The lowest BCUT2D eigenvalue weighted by Crippen LogP contribution is -1.92. The van der Waals surface area contributed by atoms with Crippen molar-refractivity contribution >= 4 is 23.7 Å². The van der Waals surface area contributed by atoms with Gasteiger partial charge < -0.3 is 9.30 Å². The molecule has 0 bridgehead atoms. The van der Waals surface area contributed by atoms with Crippen LogP contribution in [0.15, 0.2) is 24.3 Å². The second-order valence-electron chi connectivity index (χ2n) is 2.00. The summed E-state index contributed by atoms with van der Waals surface area (Å²) in [6.45, 7) is 0. The van der Waals surface area contributed by atoms with Gasteiger partial charge in [0, 0.05) is 5.30 Å². The van der Waals surface area contributed by atoms with Crippen LogP contribution >= 0.6 is 18.4 Å². The Kier molecular flexibility index (Phi) is 2.98. The molecule has 0 spiro atoms. The Morgan fingerprint density at radius 1 is 1.36 bits per heavy atom. The lowest BCUT2D eigenvalue weighted by Gasteiger charge is -1.98. The first-order valence-electron chi connectivity index (χ1n) is 3.08. The van der Waals surface area contributed by atoms with Crippen molar-refractivity contribution in [3.05, 3.63) is 24.3 Å². The van der Waals surface area contributed by atoms with Crippen molar-refractivity contribution in [2.24, 2.45) is 0 Å². The molecule has 1 aromatic rings. The molecule has 2 nitrogen and oxygen atoms in total. The van der Waals surface area contributed by atoms with E-state index in [-0.39, 0.29) is 0 Å². The maximum Gasteiger partial charge on any atom is 0.186 e. The van der Waals surface area contributed by atoms with E-state index >= 15 is 0 Å². The molecule has 1 atom stereocenters. The molecule has 1 aromatic carbocycles. The Hall–Kier alpha value is -0.460. The third-order valence-corrected chi connectivity index (χ3v) is 2.76. The Balaban J connectivity index is 2.91. The first-order valence-corrected chi connectivity index (χ1v) is 5.50. The molecule has 0 aliphatic heterocycles. The molecule has 1 unspecified atom stereocenters. The lowest BCUT2D eigenvalue weighted by molar-refractivity contribution is 0.415. The lowest BCUT2D eigenvalue weighted by atomic mass is 10.3. The highest BCUT2D eigenvalue weighted by Crippen LogP contribution is 2.25. The van der Waals surface area contributed by atoms with Gasteiger partial charge in [-0.25, -0.2) is 0 Å². The summed E-state index contributed by atoms with van der Waals surface area (Å²) in [5.74, 6) is 0.744. The van der Waals surface area contributed by atoms with Crippen molar-refractivity contribution in [3.63, 3.8) is 0 Å². The fourth-order valence-corrected chi connectivity index (χ4v) is 1.53. The van der Waals surface area contributed by atoms with E-state index in [0.29, 0.717) is 5.30 Å². The van der Waals surface area contributed by atoms with E-state index in [1.807, 2.05) is 0 Å². The third-order valence-electron chi connectivity index (χ3n) is 1.32. The highest BCUT2D eigenvalue weighted by atomic mass is 35.7. The summed E-state index contributed by atoms with van der Waals surface area (Å²) in [7, 11) is -0.488. The number of hydrogen-bond donors (Lipinski definition) is 0. The van der Waals surface area contributed by atoms with Crippen molar-refractivity contribution in [1.82, 2.24) is 0 Å². The normalized spacial score (nSPS) is 12.5. The average molecular weight is 191 g/mol. The summed E-state index contributed by atoms with van der Waals surface area (Å²) in [5.41, 5.74) is 0. The third kappa shape index (κ3) is 2.25. The number of hydrogen-bond acceptors (Lipinski definition) is 2. The molecule has 1 rings (SSSR count). The van der Waals surface area contributed by atoms with E-state index in [1.165, 1.54) is 0 Å². The van der Waals surface area contributed by atoms with E-state index < -0.39 is 7.15 Å². The second-order valence-corrected chi connectivity index (χ2v) is 4.16. The Labute approximate surface area is 70.7 Å². The molecule has 0 aliphatic rings. The maximum atomic E-state index is 10.8. The van der Waals surface area contributed by atoms with Gasteiger partial charge in [-0.2, -0.15) is 0 Å². The van der Waals surface area contributed by atoms with Crippen molar-refractivity contribution in [3.8, 4) is 5.75 Å². The minimum Gasteiger partial charge on any atom is -0.497 e. The second kappa shape index (κ2) is 3.80. The molecule has 0 heterocycles. The molecule has 0 amide bonds. The molecule has 60 valence electrons. The van der Waals surface area contributed by atoms with Crippen LogP contribution in [0.3, 0.4) is 0 Å². The Morgan fingerprint density at radius 2 is 1.91 bits per heavy atom. The van der Waals surface area contributed by atoms with Crippen LogP contribution in [-0.2, 0) is 4.57 Å². The fourth-order valence-electron chi connectivity index (χ4n) is 0.722. The summed E-state index contributed by atoms with van der Waals surface area (Å²) in [6.07, 6.45) is 0. The van der Waals surface area contributed by atoms with Crippen molar-refractivity contribution in [1.29, 1.82) is 0 Å². The SMILES string of the molecule is COc1ccc([PH](=O)Cl)cc1. The standard InChI is InChI=1S/C7H8ClO2P/c1-10-6-2-4-7(5-3-6)11(8)9/h2-5,11H,1H3. The number of rotatable bonds is 2. The first-order chi connectivity index (χ1) is 5.24. The van der Waals surface area contributed by atoms with Crippen molar-refractivity contribution in [2.75, 3.05) is 7.11 Å². The van der Waals surface area contributed by atoms with Crippen molar-refractivity contribution in [2.45, 2.75) is 0 Å². The van der Waals surface area contributed by atoms with Gasteiger partial charge in [0.15, 0.2) is 7.15 Å². The molecule has 0 N–H and O–H groups in total. The van der Waals surface area contributed by atoms with E-state index in [9.17, 15) is 4.57 Å². The van der Waals surface area contributed by atoms with Gasteiger partial charge in [-0.05, 0) is 24.3 Å².